The normalized spacial score (nSPS) is 22.1. The Kier molecular flexibility index (Phi) is 4.70. The first-order valence-corrected chi connectivity index (χ1v) is 8.05. The molecule has 0 radical (unpaired) electrons. The molecule has 1 saturated heterocycles. The predicted octanol–water partition coefficient (Wildman–Crippen LogP) is 4.92. The maximum Gasteiger partial charge on any atom is 0.157 e. The van der Waals surface area contributed by atoms with Gasteiger partial charge in [-0.1, -0.05) is 41.0 Å². The highest BCUT2D eigenvalue weighted by Crippen LogP contribution is 2.30. The van der Waals surface area contributed by atoms with Gasteiger partial charge in [0.1, 0.15) is 0 Å². The first-order valence-electron chi connectivity index (χ1n) is 6.31. The third kappa shape index (κ3) is 4.04. The van der Waals surface area contributed by atoms with Crippen LogP contribution in [0.15, 0.2) is 23.2 Å². The first kappa shape index (κ1) is 15.0. The summed E-state index contributed by atoms with van der Waals surface area (Å²) in [6, 6.07) is 5.58. The molecule has 0 aliphatic carbocycles. The molecule has 0 aromatic heterocycles. The SMILES string of the molecule is CC(N=C1NC(C)(C)CCS1)c1ccc(Cl)cc1Cl. The van der Waals surface area contributed by atoms with Crippen LogP contribution in [-0.4, -0.2) is 16.5 Å². The average molecular weight is 317 g/mol. The number of nitrogens with zero attached hydrogens (tertiary/aromatic N) is 1. The fourth-order valence-electron chi connectivity index (χ4n) is 1.95. The fraction of sp³-hybridized carbons (Fsp3) is 0.500. The van der Waals surface area contributed by atoms with Crippen LogP contribution in [0.4, 0.5) is 0 Å². The number of amidine groups is 1. The summed E-state index contributed by atoms with van der Waals surface area (Å²) in [6.45, 7) is 6.44. The number of hydrogen-bond donors (Lipinski definition) is 1. The second-order valence-corrected chi connectivity index (χ2v) is 7.31. The highest BCUT2D eigenvalue weighted by molar-refractivity contribution is 8.13. The molecule has 104 valence electrons. The van der Waals surface area contributed by atoms with Crippen LogP contribution in [0.2, 0.25) is 10.0 Å². The summed E-state index contributed by atoms with van der Waals surface area (Å²) in [5, 5.41) is 5.79. The Bertz CT molecular complexity index is 500. The topological polar surface area (TPSA) is 24.4 Å². The average Bonchev–Trinajstić information content (AvgIpc) is 2.27. The molecule has 0 saturated carbocycles. The van der Waals surface area contributed by atoms with Crippen molar-refractivity contribution in [3.8, 4) is 0 Å². The van der Waals surface area contributed by atoms with Gasteiger partial charge in [-0.25, -0.2) is 0 Å². The summed E-state index contributed by atoms with van der Waals surface area (Å²) < 4.78 is 0. The van der Waals surface area contributed by atoms with Crippen molar-refractivity contribution in [3.05, 3.63) is 33.8 Å². The molecule has 1 aliphatic rings. The molecule has 0 bridgehead atoms. The van der Waals surface area contributed by atoms with E-state index >= 15 is 0 Å². The van der Waals surface area contributed by atoms with Crippen LogP contribution in [0.3, 0.4) is 0 Å². The minimum Gasteiger partial charge on any atom is -0.360 e. The zero-order valence-corrected chi connectivity index (χ0v) is 13.7. The lowest BCUT2D eigenvalue weighted by Crippen LogP contribution is -2.46. The predicted molar refractivity (Wildman–Crippen MR) is 86.6 cm³/mol. The van der Waals surface area contributed by atoms with Gasteiger partial charge < -0.3 is 5.32 Å². The Labute approximate surface area is 129 Å². The van der Waals surface area contributed by atoms with Crippen LogP contribution in [0.5, 0.6) is 0 Å². The van der Waals surface area contributed by atoms with Crippen LogP contribution in [-0.2, 0) is 0 Å². The van der Waals surface area contributed by atoms with Gasteiger partial charge in [-0.2, -0.15) is 0 Å². The van der Waals surface area contributed by atoms with Gasteiger partial charge in [0.15, 0.2) is 5.17 Å². The van der Waals surface area contributed by atoms with E-state index in [0.717, 1.165) is 22.9 Å². The molecule has 1 heterocycles. The van der Waals surface area contributed by atoms with Crippen molar-refractivity contribution in [3.63, 3.8) is 0 Å². The number of thioether (sulfide) groups is 1. The van der Waals surface area contributed by atoms with Crippen LogP contribution in [0.25, 0.3) is 0 Å². The van der Waals surface area contributed by atoms with Crippen LogP contribution in [0.1, 0.15) is 38.8 Å². The molecule has 1 unspecified atom stereocenters. The number of nitrogens with one attached hydrogen (secondary N) is 1. The molecule has 2 nitrogen and oxygen atoms in total. The zero-order valence-electron chi connectivity index (χ0n) is 11.3. The van der Waals surface area contributed by atoms with Crippen LogP contribution in [0, 0.1) is 0 Å². The highest BCUT2D eigenvalue weighted by atomic mass is 35.5. The summed E-state index contributed by atoms with van der Waals surface area (Å²) in [6.07, 6.45) is 1.15. The molecule has 1 fully saturated rings. The molecule has 1 aliphatic heterocycles. The molecule has 0 spiro atoms. The molecule has 5 heteroatoms. The molecule has 1 N–H and O–H groups in total. The van der Waals surface area contributed by atoms with E-state index in [-0.39, 0.29) is 11.6 Å². The summed E-state index contributed by atoms with van der Waals surface area (Å²) in [5.41, 5.74) is 1.12. The lowest BCUT2D eigenvalue weighted by Gasteiger charge is -2.32. The van der Waals surface area contributed by atoms with Crippen molar-refractivity contribution in [1.29, 1.82) is 0 Å². The molecule has 1 aromatic rings. The number of halogens is 2. The third-order valence-electron chi connectivity index (χ3n) is 3.13. The van der Waals surface area contributed by atoms with E-state index in [1.54, 1.807) is 17.8 Å². The Balaban J connectivity index is 2.18. The monoisotopic (exact) mass is 316 g/mol. The Morgan fingerprint density at radius 3 is 2.74 bits per heavy atom. The van der Waals surface area contributed by atoms with Crippen molar-refractivity contribution < 1.29 is 0 Å². The largest absolute Gasteiger partial charge is 0.360 e. The highest BCUT2D eigenvalue weighted by Gasteiger charge is 2.24. The van der Waals surface area contributed by atoms with E-state index < -0.39 is 0 Å². The van der Waals surface area contributed by atoms with Gasteiger partial charge in [-0.15, -0.1) is 0 Å². The van der Waals surface area contributed by atoms with Crippen LogP contribution < -0.4 is 5.32 Å². The van der Waals surface area contributed by atoms with Gasteiger partial charge in [0, 0.05) is 21.3 Å². The van der Waals surface area contributed by atoms with Gasteiger partial charge >= 0.3 is 0 Å². The Hall–Kier alpha value is -0.380. The smallest absolute Gasteiger partial charge is 0.157 e. The first-order chi connectivity index (χ1) is 8.87. The van der Waals surface area contributed by atoms with Gasteiger partial charge in [-0.3, -0.25) is 4.99 Å². The van der Waals surface area contributed by atoms with E-state index in [0.29, 0.717) is 10.0 Å². The van der Waals surface area contributed by atoms with E-state index in [4.69, 9.17) is 28.2 Å². The van der Waals surface area contributed by atoms with E-state index in [2.05, 4.69) is 19.2 Å². The molecular weight excluding hydrogens is 299 g/mol. The van der Waals surface area contributed by atoms with Crippen molar-refractivity contribution >= 4 is 40.1 Å². The molecule has 2 rings (SSSR count). The minimum absolute atomic E-state index is 0.0219. The maximum atomic E-state index is 6.22. The van der Waals surface area contributed by atoms with Crippen molar-refractivity contribution in [1.82, 2.24) is 5.32 Å². The summed E-state index contributed by atoms with van der Waals surface area (Å²) in [5.74, 6) is 1.10. The second-order valence-electron chi connectivity index (χ2n) is 5.38. The lowest BCUT2D eigenvalue weighted by atomic mass is 10.0. The van der Waals surface area contributed by atoms with Crippen LogP contribution >= 0.6 is 35.0 Å². The Morgan fingerprint density at radius 1 is 1.37 bits per heavy atom. The van der Waals surface area contributed by atoms with Gasteiger partial charge in [0.05, 0.1) is 6.04 Å². The number of hydrogen-bond acceptors (Lipinski definition) is 2. The summed E-state index contributed by atoms with van der Waals surface area (Å²) in [7, 11) is 0. The van der Waals surface area contributed by atoms with Gasteiger partial charge in [0.25, 0.3) is 0 Å². The van der Waals surface area contributed by atoms with Crippen molar-refractivity contribution in [2.75, 3.05) is 5.75 Å². The second kappa shape index (κ2) is 5.94. The summed E-state index contributed by atoms with van der Waals surface area (Å²) >= 11 is 13.9. The van der Waals surface area contributed by atoms with Crippen molar-refractivity contribution in [2.45, 2.75) is 38.8 Å². The minimum atomic E-state index is 0.0219. The number of rotatable bonds is 2. The van der Waals surface area contributed by atoms with Gasteiger partial charge in [0.2, 0.25) is 0 Å². The van der Waals surface area contributed by atoms with Gasteiger partial charge in [-0.05, 0) is 44.9 Å². The Morgan fingerprint density at radius 2 is 2.11 bits per heavy atom. The van der Waals surface area contributed by atoms with E-state index in [1.165, 1.54) is 0 Å². The molecule has 19 heavy (non-hydrogen) atoms. The number of aliphatic imine (C=N–C) groups is 1. The quantitative estimate of drug-likeness (QED) is 0.837. The van der Waals surface area contributed by atoms with E-state index in [9.17, 15) is 0 Å². The zero-order chi connectivity index (χ0) is 14.0. The molecule has 1 aromatic carbocycles. The van der Waals surface area contributed by atoms with Crippen molar-refractivity contribution in [2.24, 2.45) is 4.99 Å². The molecule has 1 atom stereocenters. The maximum absolute atomic E-state index is 6.22. The summed E-state index contributed by atoms with van der Waals surface area (Å²) in [4.78, 5) is 4.73. The molecular formula is C14H18Cl2N2S. The van der Waals surface area contributed by atoms with E-state index in [1.807, 2.05) is 19.1 Å². The lowest BCUT2D eigenvalue weighted by molar-refractivity contribution is 0.445. The number of benzene rings is 1. The fourth-order valence-corrected chi connectivity index (χ4v) is 3.90. The molecule has 0 amide bonds. The standard InChI is InChI=1S/C14H18Cl2N2S/c1-9(11-5-4-10(15)8-12(11)16)17-13-18-14(2,3)6-7-19-13/h4-5,8-9H,6-7H2,1-3H3,(H,17,18). The third-order valence-corrected chi connectivity index (χ3v) is 4.59.